The van der Waals surface area contributed by atoms with Gasteiger partial charge in [-0.05, 0) is 54.8 Å². The Bertz CT molecular complexity index is 736. The maximum absolute atomic E-state index is 2.45. The molecular weight excluding hydrogens is 307 g/mol. The van der Waals surface area contributed by atoms with E-state index in [1.165, 1.54) is 21.5 Å². The maximum atomic E-state index is 2.45. The first kappa shape index (κ1) is 16.9. The zero-order chi connectivity index (χ0) is 17.0. The zero-order valence-electron chi connectivity index (χ0n) is 14.8. The van der Waals surface area contributed by atoms with E-state index in [9.17, 15) is 0 Å². The van der Waals surface area contributed by atoms with Crippen molar-refractivity contribution in [1.29, 1.82) is 0 Å². The first-order chi connectivity index (χ1) is 11.7. The summed E-state index contributed by atoms with van der Waals surface area (Å²) in [6.45, 7) is 6.89. The van der Waals surface area contributed by atoms with Gasteiger partial charge in [0.1, 0.15) is 23.2 Å². The summed E-state index contributed by atoms with van der Waals surface area (Å²) >= 11 is 0. The Labute approximate surface area is 146 Å². The first-order valence-corrected chi connectivity index (χ1v) is 10.8. The topological polar surface area (TPSA) is 0 Å². The molecule has 0 fully saturated rings. The second kappa shape index (κ2) is 7.32. The number of rotatable bonds is 5. The molecule has 0 spiro atoms. The third-order valence-corrected chi connectivity index (χ3v) is 9.31. The van der Waals surface area contributed by atoms with E-state index in [0.717, 1.165) is 6.16 Å². The van der Waals surface area contributed by atoms with Crippen LogP contribution in [0.3, 0.4) is 0 Å². The van der Waals surface area contributed by atoms with Gasteiger partial charge in [-0.2, -0.15) is 0 Å². The second-order valence-corrected chi connectivity index (χ2v) is 10.3. The van der Waals surface area contributed by atoms with Gasteiger partial charge in [0.05, 0.1) is 6.16 Å². The molecule has 0 nitrogen and oxygen atoms in total. The Morgan fingerprint density at radius 2 is 1.17 bits per heavy atom. The third-order valence-electron chi connectivity index (χ3n) is 4.85. The van der Waals surface area contributed by atoms with E-state index in [-0.39, 0.29) is 0 Å². The third kappa shape index (κ3) is 3.04. The Hall–Kier alpha value is -1.91. The average Bonchev–Trinajstić information content (AvgIpc) is 2.65. The highest BCUT2D eigenvalue weighted by Crippen LogP contribution is 2.55. The lowest BCUT2D eigenvalue weighted by atomic mass is 10.0. The molecule has 0 saturated heterocycles. The lowest BCUT2D eigenvalue weighted by Crippen LogP contribution is -2.32. The SMILES string of the molecule is CC[P+](c1ccccc1)(c1ccccc1)c1cccc(C(C)C)c1. The molecule has 122 valence electrons. The molecule has 0 N–H and O–H groups in total. The van der Waals surface area contributed by atoms with Crippen molar-refractivity contribution in [3.05, 3.63) is 90.5 Å². The molecule has 0 aliphatic rings. The highest BCUT2D eigenvalue weighted by molar-refractivity contribution is 7.95. The van der Waals surface area contributed by atoms with Crippen LogP contribution >= 0.6 is 7.26 Å². The van der Waals surface area contributed by atoms with Crippen molar-refractivity contribution in [3.8, 4) is 0 Å². The van der Waals surface area contributed by atoms with Gasteiger partial charge in [0.2, 0.25) is 0 Å². The molecule has 0 saturated carbocycles. The molecule has 0 bridgehead atoms. The van der Waals surface area contributed by atoms with Crippen LogP contribution in [-0.2, 0) is 0 Å². The monoisotopic (exact) mass is 333 g/mol. The molecule has 0 atom stereocenters. The van der Waals surface area contributed by atoms with Crippen LogP contribution in [0.2, 0.25) is 0 Å². The largest absolute Gasteiger partial charge is 0.111 e. The Morgan fingerprint density at radius 1 is 0.667 bits per heavy atom. The fraction of sp³-hybridized carbons (Fsp3) is 0.217. The standard InChI is InChI=1S/C23H26P/c1-4-24(21-13-7-5-8-14-21,22-15-9-6-10-16-22)23-17-11-12-20(18-23)19(2)3/h5-19H,4H2,1-3H3/q+1. The predicted octanol–water partition coefficient (Wildman–Crippen LogP) is 5.12. The van der Waals surface area contributed by atoms with Crippen LogP contribution in [0.1, 0.15) is 32.3 Å². The fourth-order valence-electron chi connectivity index (χ4n) is 3.48. The molecule has 3 aromatic rings. The van der Waals surface area contributed by atoms with Crippen molar-refractivity contribution in [3.63, 3.8) is 0 Å². The first-order valence-electron chi connectivity index (χ1n) is 8.78. The lowest BCUT2D eigenvalue weighted by Gasteiger charge is -2.27. The van der Waals surface area contributed by atoms with Crippen molar-refractivity contribution in [2.24, 2.45) is 0 Å². The van der Waals surface area contributed by atoms with E-state index < -0.39 is 7.26 Å². The summed E-state index contributed by atoms with van der Waals surface area (Å²) in [5.41, 5.74) is 1.43. The molecular formula is C23H26P+. The van der Waals surface area contributed by atoms with Crippen LogP contribution in [0.4, 0.5) is 0 Å². The van der Waals surface area contributed by atoms with Crippen molar-refractivity contribution < 1.29 is 0 Å². The maximum Gasteiger partial charge on any atom is 0.111 e. The number of hydrogen-bond donors (Lipinski definition) is 0. The van der Waals surface area contributed by atoms with Gasteiger partial charge in [-0.25, -0.2) is 0 Å². The van der Waals surface area contributed by atoms with Crippen LogP contribution in [-0.4, -0.2) is 6.16 Å². The van der Waals surface area contributed by atoms with Gasteiger partial charge in [0.25, 0.3) is 0 Å². The van der Waals surface area contributed by atoms with Gasteiger partial charge in [-0.1, -0.05) is 62.4 Å². The molecule has 3 aromatic carbocycles. The smallest absolute Gasteiger partial charge is 0.0620 e. The van der Waals surface area contributed by atoms with Gasteiger partial charge in [0, 0.05) is 0 Å². The lowest BCUT2D eigenvalue weighted by molar-refractivity contribution is 0.868. The quantitative estimate of drug-likeness (QED) is 0.568. The van der Waals surface area contributed by atoms with E-state index in [4.69, 9.17) is 0 Å². The van der Waals surface area contributed by atoms with Gasteiger partial charge < -0.3 is 0 Å². The minimum atomic E-state index is -1.60. The molecule has 3 rings (SSSR count). The van der Waals surface area contributed by atoms with Crippen molar-refractivity contribution in [1.82, 2.24) is 0 Å². The molecule has 0 amide bonds. The average molecular weight is 333 g/mol. The highest BCUT2D eigenvalue weighted by Gasteiger charge is 2.43. The molecule has 0 heterocycles. The molecule has 0 aliphatic heterocycles. The van der Waals surface area contributed by atoms with Crippen LogP contribution < -0.4 is 15.9 Å². The molecule has 0 unspecified atom stereocenters. The summed E-state index contributed by atoms with van der Waals surface area (Å²) in [6.07, 6.45) is 1.14. The van der Waals surface area contributed by atoms with E-state index >= 15 is 0 Å². The summed E-state index contributed by atoms with van der Waals surface area (Å²) < 4.78 is 0. The Kier molecular flexibility index (Phi) is 5.17. The molecule has 24 heavy (non-hydrogen) atoms. The fourth-order valence-corrected chi connectivity index (χ4v) is 7.54. The summed E-state index contributed by atoms with van der Waals surface area (Å²) in [7, 11) is -1.60. The van der Waals surface area contributed by atoms with Gasteiger partial charge in [-0.15, -0.1) is 0 Å². The van der Waals surface area contributed by atoms with Gasteiger partial charge >= 0.3 is 0 Å². The molecule has 0 aliphatic carbocycles. The van der Waals surface area contributed by atoms with Crippen molar-refractivity contribution in [2.75, 3.05) is 6.16 Å². The van der Waals surface area contributed by atoms with Crippen LogP contribution in [0.5, 0.6) is 0 Å². The van der Waals surface area contributed by atoms with Crippen molar-refractivity contribution in [2.45, 2.75) is 26.7 Å². The van der Waals surface area contributed by atoms with Crippen molar-refractivity contribution >= 4 is 23.2 Å². The molecule has 0 radical (unpaired) electrons. The predicted molar refractivity (Wildman–Crippen MR) is 110 cm³/mol. The van der Waals surface area contributed by atoms with Gasteiger partial charge in [0.15, 0.2) is 0 Å². The summed E-state index contributed by atoms with van der Waals surface area (Å²) in [5.74, 6) is 0.551. The highest BCUT2D eigenvalue weighted by atomic mass is 31.2. The normalized spacial score (nSPS) is 11.7. The van der Waals surface area contributed by atoms with E-state index in [2.05, 4.69) is 106 Å². The second-order valence-electron chi connectivity index (χ2n) is 6.55. The van der Waals surface area contributed by atoms with E-state index in [0.29, 0.717) is 5.92 Å². The van der Waals surface area contributed by atoms with Crippen LogP contribution in [0, 0.1) is 0 Å². The van der Waals surface area contributed by atoms with E-state index in [1.807, 2.05) is 0 Å². The molecule has 1 heteroatoms. The van der Waals surface area contributed by atoms with Gasteiger partial charge in [-0.3, -0.25) is 0 Å². The number of benzene rings is 3. The number of hydrogen-bond acceptors (Lipinski definition) is 0. The summed E-state index contributed by atoms with van der Waals surface area (Å²) in [4.78, 5) is 0. The minimum Gasteiger partial charge on any atom is -0.0620 e. The summed E-state index contributed by atoms with van der Waals surface area (Å²) in [5, 5.41) is 4.44. The van der Waals surface area contributed by atoms with E-state index in [1.54, 1.807) is 0 Å². The molecule has 0 aromatic heterocycles. The minimum absolute atomic E-state index is 0.551. The zero-order valence-corrected chi connectivity index (χ0v) is 15.7. The Balaban J connectivity index is 2.28. The van der Waals surface area contributed by atoms with Crippen LogP contribution in [0.25, 0.3) is 0 Å². The summed E-state index contributed by atoms with van der Waals surface area (Å²) in [6, 6.07) is 31.5. The Morgan fingerprint density at radius 3 is 1.62 bits per heavy atom. The van der Waals surface area contributed by atoms with Crippen LogP contribution in [0.15, 0.2) is 84.9 Å².